The van der Waals surface area contributed by atoms with E-state index in [0.29, 0.717) is 17.0 Å². The Morgan fingerprint density at radius 1 is 1.23 bits per heavy atom. The molecule has 0 bridgehead atoms. The van der Waals surface area contributed by atoms with Crippen LogP contribution in [0.25, 0.3) is 0 Å². The molecule has 0 spiro atoms. The summed E-state index contributed by atoms with van der Waals surface area (Å²) in [7, 11) is 0. The molecule has 1 saturated heterocycles. The zero-order chi connectivity index (χ0) is 15.5. The minimum atomic E-state index is 0.218. The maximum atomic E-state index is 11.8. The molecule has 1 aliphatic heterocycles. The highest BCUT2D eigenvalue weighted by Gasteiger charge is 2.59. The van der Waals surface area contributed by atoms with Gasteiger partial charge in [-0.25, -0.2) is 0 Å². The van der Waals surface area contributed by atoms with E-state index in [-0.39, 0.29) is 16.7 Å². The second-order valence-corrected chi connectivity index (χ2v) is 9.55. The molecule has 0 aromatic heterocycles. The van der Waals surface area contributed by atoms with Crippen molar-refractivity contribution in [1.29, 1.82) is 0 Å². The summed E-state index contributed by atoms with van der Waals surface area (Å²) in [6.07, 6.45) is 9.60. The second-order valence-electron chi connectivity index (χ2n) is 8.42. The molecule has 6 unspecified atom stereocenters. The van der Waals surface area contributed by atoms with Crippen molar-refractivity contribution in [3.63, 3.8) is 0 Å². The van der Waals surface area contributed by atoms with Crippen LogP contribution in [0.15, 0.2) is 11.6 Å². The van der Waals surface area contributed by atoms with Crippen LogP contribution in [0.5, 0.6) is 0 Å². The number of hydrogen-bond acceptors (Lipinski definition) is 3. The number of ketones is 1. The van der Waals surface area contributed by atoms with E-state index in [0.717, 1.165) is 37.4 Å². The highest BCUT2D eigenvalue weighted by Crippen LogP contribution is 2.65. The molecule has 0 N–H and O–H groups in total. The molecule has 4 aliphatic rings. The van der Waals surface area contributed by atoms with Crippen LogP contribution < -0.4 is 0 Å². The van der Waals surface area contributed by atoms with Gasteiger partial charge in [0.1, 0.15) is 6.29 Å². The van der Waals surface area contributed by atoms with Crippen LogP contribution in [0.1, 0.15) is 52.4 Å². The Kier molecular flexibility index (Phi) is 3.38. The lowest BCUT2D eigenvalue weighted by molar-refractivity contribution is -0.116. The first-order valence-corrected chi connectivity index (χ1v) is 9.85. The highest BCUT2D eigenvalue weighted by molar-refractivity contribution is 8.00. The Labute approximate surface area is 137 Å². The van der Waals surface area contributed by atoms with Gasteiger partial charge in [-0.2, -0.15) is 11.8 Å². The molecule has 3 fully saturated rings. The topological polar surface area (TPSA) is 34.1 Å². The van der Waals surface area contributed by atoms with E-state index >= 15 is 0 Å². The first-order valence-electron chi connectivity index (χ1n) is 8.80. The smallest absolute Gasteiger partial charge is 0.155 e. The lowest BCUT2D eigenvalue weighted by atomic mass is 9.57. The summed E-state index contributed by atoms with van der Waals surface area (Å²) in [6.45, 7) is 4.77. The monoisotopic (exact) mass is 318 g/mol. The minimum Gasteiger partial charge on any atom is -0.303 e. The normalized spacial score (nSPS) is 50.6. The fraction of sp³-hybridized carbons (Fsp3) is 0.789. The number of allylic oxidation sites excluding steroid dienone is 2. The standard InChI is InChI=1S/C19H26O2S/c1-18-8-7-14(21)9-12(18)3-5-15-16-6-4-13(10-20)19(16,2)11-22-17(15)18/h9-10,13,15-17H,3-8,11H2,1-2H3. The van der Waals surface area contributed by atoms with Gasteiger partial charge in [-0.1, -0.05) is 19.4 Å². The Hall–Kier alpha value is -0.570. The average molecular weight is 318 g/mol. The predicted octanol–water partition coefficient (Wildman–Crippen LogP) is 4.04. The summed E-state index contributed by atoms with van der Waals surface area (Å²) in [5.74, 6) is 3.18. The molecular weight excluding hydrogens is 292 g/mol. The molecular formula is C19H26O2S. The second kappa shape index (κ2) is 4.96. The highest BCUT2D eigenvalue weighted by atomic mass is 32.2. The lowest BCUT2D eigenvalue weighted by Crippen LogP contribution is -2.53. The quantitative estimate of drug-likeness (QED) is 0.684. The molecule has 3 aliphatic carbocycles. The predicted molar refractivity (Wildman–Crippen MR) is 89.8 cm³/mol. The lowest BCUT2D eigenvalue weighted by Gasteiger charge is -2.57. The zero-order valence-corrected chi connectivity index (χ0v) is 14.5. The molecule has 6 atom stereocenters. The van der Waals surface area contributed by atoms with Crippen molar-refractivity contribution in [3.05, 3.63) is 11.6 Å². The van der Waals surface area contributed by atoms with Crippen LogP contribution in [0.2, 0.25) is 0 Å². The minimum absolute atomic E-state index is 0.218. The van der Waals surface area contributed by atoms with Crippen LogP contribution in [0, 0.1) is 28.6 Å². The third-order valence-corrected chi connectivity index (χ3v) is 9.48. The molecule has 0 aromatic rings. The van der Waals surface area contributed by atoms with E-state index in [2.05, 4.69) is 25.6 Å². The number of hydrogen-bond donors (Lipinski definition) is 0. The molecule has 2 saturated carbocycles. The first-order chi connectivity index (χ1) is 10.5. The van der Waals surface area contributed by atoms with Gasteiger partial charge in [0.2, 0.25) is 0 Å². The summed E-state index contributed by atoms with van der Waals surface area (Å²) < 4.78 is 0. The van der Waals surface area contributed by atoms with E-state index in [9.17, 15) is 9.59 Å². The van der Waals surface area contributed by atoms with Crippen LogP contribution in [0.4, 0.5) is 0 Å². The molecule has 1 heterocycles. The Bertz CT molecular complexity index is 554. The number of thioether (sulfide) groups is 1. The van der Waals surface area contributed by atoms with Crippen molar-refractivity contribution in [2.75, 3.05) is 5.75 Å². The molecule has 0 radical (unpaired) electrons. The van der Waals surface area contributed by atoms with Gasteiger partial charge < -0.3 is 4.79 Å². The molecule has 4 rings (SSSR count). The molecule has 0 aromatic carbocycles. The first kappa shape index (κ1) is 15.0. The van der Waals surface area contributed by atoms with Gasteiger partial charge in [-0.3, -0.25) is 4.79 Å². The molecule has 22 heavy (non-hydrogen) atoms. The molecule has 3 heteroatoms. The summed E-state index contributed by atoms with van der Waals surface area (Å²) in [5, 5.41) is 0.657. The van der Waals surface area contributed by atoms with Gasteiger partial charge in [0.05, 0.1) is 0 Å². The van der Waals surface area contributed by atoms with Crippen molar-refractivity contribution < 1.29 is 9.59 Å². The molecule has 2 nitrogen and oxygen atoms in total. The Morgan fingerprint density at radius 2 is 2.05 bits per heavy atom. The van der Waals surface area contributed by atoms with E-state index < -0.39 is 0 Å². The summed E-state index contributed by atoms with van der Waals surface area (Å²) in [6, 6.07) is 0. The van der Waals surface area contributed by atoms with Gasteiger partial charge in [-0.15, -0.1) is 0 Å². The number of fused-ring (bicyclic) bond motifs is 5. The van der Waals surface area contributed by atoms with Crippen LogP contribution >= 0.6 is 11.8 Å². The van der Waals surface area contributed by atoms with E-state index in [1.165, 1.54) is 24.7 Å². The zero-order valence-electron chi connectivity index (χ0n) is 13.6. The maximum Gasteiger partial charge on any atom is 0.155 e. The largest absolute Gasteiger partial charge is 0.303 e. The Morgan fingerprint density at radius 3 is 2.82 bits per heavy atom. The maximum absolute atomic E-state index is 11.8. The van der Waals surface area contributed by atoms with Crippen LogP contribution in [0.3, 0.4) is 0 Å². The van der Waals surface area contributed by atoms with Crippen molar-refractivity contribution in [1.82, 2.24) is 0 Å². The fourth-order valence-corrected chi connectivity index (χ4v) is 8.20. The third kappa shape index (κ3) is 1.87. The fourth-order valence-electron chi connectivity index (χ4n) is 6.03. The molecule has 120 valence electrons. The van der Waals surface area contributed by atoms with Gasteiger partial charge >= 0.3 is 0 Å². The number of aldehydes is 1. The van der Waals surface area contributed by atoms with Gasteiger partial charge in [0.25, 0.3) is 0 Å². The third-order valence-electron chi connectivity index (χ3n) is 7.46. The summed E-state index contributed by atoms with van der Waals surface area (Å²) >= 11 is 2.12. The summed E-state index contributed by atoms with van der Waals surface area (Å²) in [5.41, 5.74) is 1.86. The van der Waals surface area contributed by atoms with Gasteiger partial charge in [-0.05, 0) is 61.2 Å². The van der Waals surface area contributed by atoms with E-state index in [1.54, 1.807) is 0 Å². The van der Waals surface area contributed by atoms with Crippen LogP contribution in [-0.2, 0) is 9.59 Å². The van der Waals surface area contributed by atoms with E-state index in [4.69, 9.17) is 0 Å². The van der Waals surface area contributed by atoms with Crippen molar-refractivity contribution in [2.24, 2.45) is 28.6 Å². The molecule has 0 amide bonds. The van der Waals surface area contributed by atoms with E-state index in [1.807, 2.05) is 6.08 Å². The van der Waals surface area contributed by atoms with Gasteiger partial charge in [0.15, 0.2) is 5.78 Å². The van der Waals surface area contributed by atoms with Crippen molar-refractivity contribution >= 4 is 23.8 Å². The summed E-state index contributed by atoms with van der Waals surface area (Å²) in [4.78, 5) is 23.3. The number of carbonyl (C=O) groups excluding carboxylic acids is 2. The number of rotatable bonds is 1. The SMILES string of the molecule is CC12CCC(=O)C=C1CCC1C2SCC2(C)C(C=O)CCC12. The van der Waals surface area contributed by atoms with Crippen molar-refractivity contribution in [3.8, 4) is 0 Å². The Balaban J connectivity index is 1.68. The van der Waals surface area contributed by atoms with Crippen molar-refractivity contribution in [2.45, 2.75) is 57.6 Å². The van der Waals surface area contributed by atoms with Crippen LogP contribution in [-0.4, -0.2) is 23.1 Å². The van der Waals surface area contributed by atoms with Gasteiger partial charge in [0, 0.05) is 23.0 Å². The number of carbonyl (C=O) groups is 2. The average Bonchev–Trinajstić information content (AvgIpc) is 2.84.